The van der Waals surface area contributed by atoms with Crippen LogP contribution in [0.1, 0.15) is 25.8 Å². The Morgan fingerprint density at radius 2 is 2.04 bits per heavy atom. The number of hydrogen-bond acceptors (Lipinski definition) is 4. The quantitative estimate of drug-likeness (QED) is 0.557. The lowest BCUT2D eigenvalue weighted by molar-refractivity contribution is -0.738. The van der Waals surface area contributed by atoms with E-state index in [9.17, 15) is 14.4 Å². The molecule has 1 spiro atoms. The number of anilines is 1. The maximum Gasteiger partial charge on any atom is 0.291 e. The third-order valence-corrected chi connectivity index (χ3v) is 6.69. The Kier molecular flexibility index (Phi) is 4.72. The molecule has 150 valence electrons. The highest BCUT2D eigenvalue weighted by Crippen LogP contribution is 2.51. The van der Waals surface area contributed by atoms with Gasteiger partial charge in [-0.15, -0.1) is 0 Å². The number of nitrogens with two attached hydrogens (primary N) is 1. The number of quaternary nitrogens is 1. The molecule has 28 heavy (non-hydrogen) atoms. The molecular formula is C20H25ClN3O4+. The molecule has 7 nitrogen and oxygen atoms in total. The predicted molar refractivity (Wildman–Crippen MR) is 103 cm³/mol. The first-order valence-electron chi connectivity index (χ1n) is 9.65. The molecular weight excluding hydrogens is 382 g/mol. The van der Waals surface area contributed by atoms with Crippen LogP contribution in [0.5, 0.6) is 0 Å². The number of carbonyl (C=O) groups excluding carboxylic acids is 3. The maximum atomic E-state index is 13.4. The minimum absolute atomic E-state index is 0.124. The van der Waals surface area contributed by atoms with Crippen LogP contribution in [0.15, 0.2) is 18.2 Å². The highest BCUT2D eigenvalue weighted by molar-refractivity contribution is 6.35. The van der Waals surface area contributed by atoms with E-state index in [1.165, 1.54) is 4.90 Å². The first kappa shape index (κ1) is 19.4. The standard InChI is InChI=1S/C20H24ClN3O4/c1-10(2)15-13-14(18(26)24(17(13)25)8-5-9-28-3)20(23-15)11-6-4-7-12(21)16(11)22-19(20)27/h4,6-7,10,13-15,23H,5,8-9H2,1-3H3,(H,22,27)/p+1/t13-,14-,15-,20+/m0/s1. The van der Waals surface area contributed by atoms with Gasteiger partial charge in [0, 0.05) is 31.7 Å². The van der Waals surface area contributed by atoms with Crippen molar-refractivity contribution in [3.63, 3.8) is 0 Å². The number of hydrogen-bond donors (Lipinski definition) is 2. The number of para-hydroxylation sites is 1. The van der Waals surface area contributed by atoms with Crippen LogP contribution >= 0.6 is 11.6 Å². The fraction of sp³-hybridized carbons (Fsp3) is 0.550. The fourth-order valence-electron chi connectivity index (χ4n) is 5.13. The molecule has 3 aliphatic heterocycles. The number of likely N-dealkylation sites (tertiary alicyclic amines) is 1. The number of ether oxygens (including phenoxy) is 1. The average molecular weight is 407 g/mol. The fourth-order valence-corrected chi connectivity index (χ4v) is 5.35. The second kappa shape index (κ2) is 6.83. The van der Waals surface area contributed by atoms with Crippen LogP contribution in [0.25, 0.3) is 0 Å². The number of fused-ring (bicyclic) bond motifs is 4. The largest absolute Gasteiger partial charge is 0.385 e. The van der Waals surface area contributed by atoms with E-state index >= 15 is 0 Å². The highest BCUT2D eigenvalue weighted by atomic mass is 35.5. The van der Waals surface area contributed by atoms with Crippen molar-refractivity contribution in [1.29, 1.82) is 0 Å². The van der Waals surface area contributed by atoms with Gasteiger partial charge in [0.1, 0.15) is 17.9 Å². The minimum atomic E-state index is -1.15. The summed E-state index contributed by atoms with van der Waals surface area (Å²) >= 11 is 6.31. The van der Waals surface area contributed by atoms with Crippen molar-refractivity contribution >= 4 is 35.0 Å². The Bertz CT molecular complexity index is 858. The number of halogens is 1. The molecule has 4 atom stereocenters. The number of benzene rings is 1. The Morgan fingerprint density at radius 3 is 2.71 bits per heavy atom. The number of nitrogens with zero attached hydrogens (tertiary/aromatic N) is 1. The lowest BCUT2D eigenvalue weighted by atomic mass is 9.76. The second-order valence-corrected chi connectivity index (χ2v) is 8.56. The van der Waals surface area contributed by atoms with Crippen molar-refractivity contribution in [2.24, 2.45) is 17.8 Å². The van der Waals surface area contributed by atoms with Gasteiger partial charge in [0.25, 0.3) is 5.91 Å². The van der Waals surface area contributed by atoms with Gasteiger partial charge in [0.2, 0.25) is 17.4 Å². The maximum absolute atomic E-state index is 13.4. The molecule has 1 aromatic carbocycles. The van der Waals surface area contributed by atoms with Crippen LogP contribution in [-0.4, -0.2) is 48.9 Å². The number of nitrogens with one attached hydrogen (secondary N) is 1. The Morgan fingerprint density at radius 1 is 1.29 bits per heavy atom. The van der Waals surface area contributed by atoms with Crippen LogP contribution in [0.3, 0.4) is 0 Å². The zero-order chi connectivity index (χ0) is 20.2. The normalized spacial score (nSPS) is 31.1. The molecule has 1 aromatic rings. The lowest BCUT2D eigenvalue weighted by Gasteiger charge is -2.27. The summed E-state index contributed by atoms with van der Waals surface area (Å²) in [7, 11) is 1.59. The predicted octanol–water partition coefficient (Wildman–Crippen LogP) is 0.727. The lowest BCUT2D eigenvalue weighted by Crippen LogP contribution is -2.99. The molecule has 2 saturated heterocycles. The van der Waals surface area contributed by atoms with E-state index in [1.54, 1.807) is 19.2 Å². The summed E-state index contributed by atoms with van der Waals surface area (Å²) < 4.78 is 5.06. The summed E-state index contributed by atoms with van der Waals surface area (Å²) in [6, 6.07) is 5.17. The van der Waals surface area contributed by atoms with E-state index in [1.807, 2.05) is 25.2 Å². The third kappa shape index (κ3) is 2.46. The van der Waals surface area contributed by atoms with E-state index in [-0.39, 0.29) is 29.7 Å². The van der Waals surface area contributed by atoms with Gasteiger partial charge in [0.15, 0.2) is 0 Å². The zero-order valence-electron chi connectivity index (χ0n) is 16.2. The molecule has 3 amide bonds. The van der Waals surface area contributed by atoms with E-state index in [0.29, 0.717) is 35.8 Å². The van der Waals surface area contributed by atoms with Crippen LogP contribution in [0.4, 0.5) is 5.69 Å². The monoisotopic (exact) mass is 406 g/mol. The first-order chi connectivity index (χ1) is 13.3. The second-order valence-electron chi connectivity index (χ2n) is 8.15. The molecule has 4 rings (SSSR count). The van der Waals surface area contributed by atoms with Crippen LogP contribution in [-0.2, 0) is 24.7 Å². The number of methoxy groups -OCH3 is 1. The zero-order valence-corrected chi connectivity index (χ0v) is 17.0. The van der Waals surface area contributed by atoms with Gasteiger partial charge in [0.05, 0.1) is 10.7 Å². The highest BCUT2D eigenvalue weighted by Gasteiger charge is 2.74. The molecule has 0 bridgehead atoms. The Balaban J connectivity index is 1.81. The molecule has 0 unspecified atom stereocenters. The van der Waals surface area contributed by atoms with Gasteiger partial charge in [-0.3, -0.25) is 19.3 Å². The number of rotatable bonds is 5. The van der Waals surface area contributed by atoms with E-state index in [2.05, 4.69) is 5.32 Å². The minimum Gasteiger partial charge on any atom is -0.385 e. The number of amides is 3. The van der Waals surface area contributed by atoms with E-state index in [4.69, 9.17) is 16.3 Å². The van der Waals surface area contributed by atoms with Crippen LogP contribution in [0, 0.1) is 17.8 Å². The average Bonchev–Trinajstić information content (AvgIpc) is 3.24. The molecule has 3 heterocycles. The summed E-state index contributed by atoms with van der Waals surface area (Å²) in [5.74, 6) is -1.85. The molecule has 2 fully saturated rings. The molecule has 8 heteroatoms. The smallest absolute Gasteiger partial charge is 0.291 e. The van der Waals surface area contributed by atoms with Gasteiger partial charge in [-0.05, 0) is 18.6 Å². The summed E-state index contributed by atoms with van der Waals surface area (Å²) in [5, 5.41) is 5.25. The molecule has 0 radical (unpaired) electrons. The number of carbonyl (C=O) groups is 3. The Labute approximate surface area is 168 Å². The van der Waals surface area contributed by atoms with Crippen LogP contribution in [0.2, 0.25) is 5.02 Å². The summed E-state index contributed by atoms with van der Waals surface area (Å²) in [6.45, 7) is 4.82. The molecule has 3 aliphatic rings. The van der Waals surface area contributed by atoms with Crippen molar-refractivity contribution in [1.82, 2.24) is 4.90 Å². The van der Waals surface area contributed by atoms with Gasteiger partial charge < -0.3 is 15.4 Å². The summed E-state index contributed by atoms with van der Waals surface area (Å²) in [6.07, 6.45) is 0.574. The molecule has 0 aliphatic carbocycles. The molecule has 0 aromatic heterocycles. The van der Waals surface area contributed by atoms with Crippen molar-refractivity contribution in [2.45, 2.75) is 31.8 Å². The first-order valence-corrected chi connectivity index (χ1v) is 10.0. The van der Waals surface area contributed by atoms with Crippen molar-refractivity contribution in [2.75, 3.05) is 25.6 Å². The van der Waals surface area contributed by atoms with Gasteiger partial charge in [-0.25, -0.2) is 0 Å². The molecule has 0 saturated carbocycles. The SMILES string of the molecule is COCCCN1C(=O)[C@H]2[C@@H](C1=O)[C@@]1([NH2+][C@H]2C(C)C)C(=O)Nc2c(Cl)cccc21. The number of imide groups is 1. The van der Waals surface area contributed by atoms with Gasteiger partial charge in [-0.2, -0.15) is 0 Å². The van der Waals surface area contributed by atoms with Crippen molar-refractivity contribution in [3.8, 4) is 0 Å². The van der Waals surface area contributed by atoms with Crippen LogP contribution < -0.4 is 10.6 Å². The van der Waals surface area contributed by atoms with E-state index < -0.39 is 17.4 Å². The third-order valence-electron chi connectivity index (χ3n) is 6.38. The van der Waals surface area contributed by atoms with E-state index in [0.717, 1.165) is 0 Å². The van der Waals surface area contributed by atoms with Gasteiger partial charge >= 0.3 is 0 Å². The molecule has 3 N–H and O–H groups in total. The summed E-state index contributed by atoms with van der Waals surface area (Å²) in [4.78, 5) is 41.2. The Hall–Kier alpha value is -1.96. The van der Waals surface area contributed by atoms with Crippen molar-refractivity contribution in [3.05, 3.63) is 28.8 Å². The van der Waals surface area contributed by atoms with Gasteiger partial charge in [-0.1, -0.05) is 31.5 Å². The topological polar surface area (TPSA) is 92.3 Å². The summed E-state index contributed by atoms with van der Waals surface area (Å²) in [5.41, 5.74) is 0.0949. The van der Waals surface area contributed by atoms with Crippen molar-refractivity contribution < 1.29 is 24.4 Å².